The summed E-state index contributed by atoms with van der Waals surface area (Å²) in [5.74, 6) is -1.27. The van der Waals surface area contributed by atoms with Crippen molar-refractivity contribution in [3.63, 3.8) is 0 Å². The van der Waals surface area contributed by atoms with Crippen LogP contribution in [0.1, 0.15) is 99.8 Å². The highest BCUT2D eigenvalue weighted by molar-refractivity contribution is 5.77. The molecule has 0 rings (SSSR count). The molecule has 0 saturated heterocycles. The predicted octanol–water partition coefficient (Wildman–Crippen LogP) is 5.70. The first-order chi connectivity index (χ1) is 12.2. The highest BCUT2D eigenvalue weighted by atomic mass is 17.7. The van der Waals surface area contributed by atoms with E-state index in [-0.39, 0.29) is 11.3 Å². The van der Waals surface area contributed by atoms with E-state index in [0.29, 0.717) is 19.3 Å². The van der Waals surface area contributed by atoms with Crippen molar-refractivity contribution in [3.8, 4) is 0 Å². The number of hydrogen-bond acceptors (Lipinski definition) is 6. The van der Waals surface area contributed by atoms with Gasteiger partial charge in [0.05, 0.1) is 11.3 Å². The van der Waals surface area contributed by atoms with Gasteiger partial charge in [0.15, 0.2) is 0 Å². The predicted molar refractivity (Wildman–Crippen MR) is 99.4 cm³/mol. The molecule has 6 heteroatoms. The van der Waals surface area contributed by atoms with Crippen molar-refractivity contribution in [2.45, 2.75) is 99.8 Å². The summed E-state index contributed by atoms with van der Waals surface area (Å²) in [6.45, 7) is 14.0. The zero-order chi connectivity index (χ0) is 20.2. The summed E-state index contributed by atoms with van der Waals surface area (Å²) in [6, 6.07) is 0. The molecule has 2 atom stereocenters. The number of hydrogen-bond donors (Lipinski definition) is 0. The summed E-state index contributed by atoms with van der Waals surface area (Å²) in [5.41, 5.74) is -0.995. The Hall–Kier alpha value is -1.14. The average Bonchev–Trinajstić information content (AvgIpc) is 2.59. The molecule has 0 N–H and O–H groups in total. The van der Waals surface area contributed by atoms with Crippen molar-refractivity contribution < 1.29 is 29.4 Å². The largest absolute Gasteiger partial charge is 0.352 e. The maximum atomic E-state index is 12.7. The summed E-state index contributed by atoms with van der Waals surface area (Å²) in [4.78, 5) is 34.0. The van der Waals surface area contributed by atoms with Gasteiger partial charge in [0, 0.05) is 10.1 Å². The van der Waals surface area contributed by atoms with Gasteiger partial charge in [-0.3, -0.25) is 9.78 Å². The molecular weight excluding hydrogens is 336 g/mol. The second kappa shape index (κ2) is 12.3. The van der Waals surface area contributed by atoms with Crippen molar-refractivity contribution in [1.29, 1.82) is 0 Å². The topological polar surface area (TPSA) is 71.1 Å². The molecule has 2 unspecified atom stereocenters. The third-order valence-electron chi connectivity index (χ3n) is 5.37. The number of unbranched alkanes of at least 4 members (excludes halogenated alkanes) is 2. The first-order valence-electron chi connectivity index (χ1n) is 9.96. The van der Waals surface area contributed by atoms with Gasteiger partial charge in [0.2, 0.25) is 0 Å². The molecule has 0 heterocycles. The smallest absolute Gasteiger partial charge is 0.266 e. The van der Waals surface area contributed by atoms with Crippen LogP contribution in [0.5, 0.6) is 0 Å². The average molecular weight is 375 g/mol. The summed E-state index contributed by atoms with van der Waals surface area (Å²) >= 11 is 0. The van der Waals surface area contributed by atoms with E-state index < -0.39 is 17.4 Å². The maximum absolute atomic E-state index is 12.7. The van der Waals surface area contributed by atoms with E-state index in [1.165, 1.54) is 0 Å². The van der Waals surface area contributed by atoms with Gasteiger partial charge < -0.3 is 0 Å². The molecule has 0 aromatic rings. The Bertz CT molecular complexity index is 415. The standard InChI is InChI=1S/C20H38O6/c1-8-12-14-16(10-3)17(21)23-25-26-24-18(22)20(11-4,15-13-9-2)19(5,6)7/h16H,8-15H2,1-7H3. The van der Waals surface area contributed by atoms with Crippen LogP contribution >= 0.6 is 0 Å². The van der Waals surface area contributed by atoms with E-state index in [9.17, 15) is 9.59 Å². The quantitative estimate of drug-likeness (QED) is 0.234. The lowest BCUT2D eigenvalue weighted by atomic mass is 9.62. The molecule has 0 saturated carbocycles. The third kappa shape index (κ3) is 7.23. The van der Waals surface area contributed by atoms with E-state index in [0.717, 1.165) is 32.1 Å². The maximum Gasteiger partial charge on any atom is 0.352 e. The summed E-state index contributed by atoms with van der Waals surface area (Å²) in [5, 5.41) is 8.85. The van der Waals surface area contributed by atoms with E-state index in [1.54, 1.807) is 0 Å². The van der Waals surface area contributed by atoms with Crippen LogP contribution in [0.4, 0.5) is 0 Å². The molecule has 154 valence electrons. The molecule has 6 nitrogen and oxygen atoms in total. The van der Waals surface area contributed by atoms with Crippen LogP contribution in [0.3, 0.4) is 0 Å². The van der Waals surface area contributed by atoms with Crippen LogP contribution in [0.25, 0.3) is 0 Å². The minimum absolute atomic E-state index is 0.247. The van der Waals surface area contributed by atoms with Gasteiger partial charge in [-0.05, 0) is 31.1 Å². The molecule has 26 heavy (non-hydrogen) atoms. The van der Waals surface area contributed by atoms with Gasteiger partial charge in [0.1, 0.15) is 0 Å². The molecule has 0 aliphatic rings. The van der Waals surface area contributed by atoms with E-state index in [2.05, 4.69) is 28.8 Å². The Kier molecular flexibility index (Phi) is 11.7. The summed E-state index contributed by atoms with van der Waals surface area (Å²) in [7, 11) is 0. The fourth-order valence-corrected chi connectivity index (χ4v) is 3.29. The molecule has 0 amide bonds. The lowest BCUT2D eigenvalue weighted by Crippen LogP contribution is -2.43. The van der Waals surface area contributed by atoms with Gasteiger partial charge in [-0.15, -0.1) is 0 Å². The fraction of sp³-hybridized carbons (Fsp3) is 0.900. The van der Waals surface area contributed by atoms with Crippen LogP contribution in [-0.2, 0) is 29.4 Å². The summed E-state index contributed by atoms with van der Waals surface area (Å²) in [6.07, 6.45) is 6.53. The molecule has 0 fully saturated rings. The normalized spacial score (nSPS) is 15.2. The Morgan fingerprint density at radius 2 is 1.46 bits per heavy atom. The molecule has 0 aliphatic heterocycles. The van der Waals surface area contributed by atoms with E-state index in [4.69, 9.17) is 4.89 Å². The van der Waals surface area contributed by atoms with Crippen molar-refractivity contribution in [2.24, 2.45) is 16.7 Å². The SMILES string of the molecule is CCCCC(CC)C(=O)OOOOC(=O)C(CC)(CCCC)C(C)(C)C. The van der Waals surface area contributed by atoms with Crippen molar-refractivity contribution in [1.82, 2.24) is 0 Å². The van der Waals surface area contributed by atoms with Gasteiger partial charge in [-0.1, -0.05) is 74.1 Å². The highest BCUT2D eigenvalue weighted by Crippen LogP contribution is 2.46. The lowest BCUT2D eigenvalue weighted by molar-refractivity contribution is -0.602. The van der Waals surface area contributed by atoms with Crippen molar-refractivity contribution >= 4 is 11.9 Å². The van der Waals surface area contributed by atoms with Crippen molar-refractivity contribution in [2.75, 3.05) is 0 Å². The van der Waals surface area contributed by atoms with Crippen LogP contribution in [-0.4, -0.2) is 11.9 Å². The Balaban J connectivity index is 4.62. The van der Waals surface area contributed by atoms with Gasteiger partial charge in [-0.2, -0.15) is 0 Å². The van der Waals surface area contributed by atoms with Gasteiger partial charge in [-0.25, -0.2) is 9.59 Å². The third-order valence-corrected chi connectivity index (χ3v) is 5.37. The lowest BCUT2D eigenvalue weighted by Gasteiger charge is -2.41. The molecule has 0 aliphatic carbocycles. The Morgan fingerprint density at radius 3 is 1.92 bits per heavy atom. The van der Waals surface area contributed by atoms with E-state index in [1.807, 2.05) is 34.6 Å². The molecule has 0 spiro atoms. The molecule has 0 aromatic heterocycles. The zero-order valence-electron chi connectivity index (χ0n) is 17.7. The van der Waals surface area contributed by atoms with Crippen LogP contribution in [0, 0.1) is 16.7 Å². The molecule has 0 bridgehead atoms. The Morgan fingerprint density at radius 1 is 0.885 bits per heavy atom. The number of rotatable bonds is 13. The first kappa shape index (κ1) is 24.9. The van der Waals surface area contributed by atoms with Gasteiger partial charge in [0.25, 0.3) is 0 Å². The first-order valence-corrected chi connectivity index (χ1v) is 9.96. The highest BCUT2D eigenvalue weighted by Gasteiger charge is 2.48. The van der Waals surface area contributed by atoms with Crippen LogP contribution in [0.15, 0.2) is 0 Å². The molecular formula is C20H38O6. The second-order valence-corrected chi connectivity index (χ2v) is 7.95. The van der Waals surface area contributed by atoms with Gasteiger partial charge >= 0.3 is 11.9 Å². The van der Waals surface area contributed by atoms with Crippen LogP contribution in [0.2, 0.25) is 0 Å². The fourth-order valence-electron chi connectivity index (χ4n) is 3.29. The Labute approximate surface area is 158 Å². The van der Waals surface area contributed by atoms with E-state index >= 15 is 0 Å². The minimum Gasteiger partial charge on any atom is -0.266 e. The zero-order valence-corrected chi connectivity index (χ0v) is 17.7. The minimum atomic E-state index is -0.691. The van der Waals surface area contributed by atoms with Crippen LogP contribution < -0.4 is 0 Å². The number of carbonyl (C=O) groups excluding carboxylic acids is 2. The second-order valence-electron chi connectivity index (χ2n) is 7.95. The monoisotopic (exact) mass is 374 g/mol. The molecule has 0 radical (unpaired) electrons. The van der Waals surface area contributed by atoms with Crippen molar-refractivity contribution in [3.05, 3.63) is 0 Å². The summed E-state index contributed by atoms with van der Waals surface area (Å²) < 4.78 is 0. The molecule has 0 aromatic carbocycles. The number of carbonyl (C=O) groups is 2.